The first kappa shape index (κ1) is 12.0. The molecule has 0 aliphatic carbocycles. The first-order chi connectivity index (χ1) is 7.23. The van der Waals surface area contributed by atoms with Gasteiger partial charge in [-0.15, -0.1) is 30.3 Å². The van der Waals surface area contributed by atoms with Crippen molar-refractivity contribution in [2.24, 2.45) is 13.5 Å². The van der Waals surface area contributed by atoms with Crippen molar-refractivity contribution in [2.75, 3.05) is 0 Å². The standard InChI is InChI=1S/C3H3F5N5P3/c4-14(5)10-15(6,7)12-16(8,11-14)13-2-1-9-3-13/h1-3H. The van der Waals surface area contributed by atoms with Gasteiger partial charge in [-0.25, -0.2) is 4.98 Å². The van der Waals surface area contributed by atoms with Crippen LogP contribution in [0.15, 0.2) is 32.3 Å². The number of rotatable bonds is 1. The second-order valence-electron chi connectivity index (χ2n) is 2.62. The molecule has 5 nitrogen and oxygen atoms in total. The summed E-state index contributed by atoms with van der Waals surface area (Å²) in [5.74, 6) is 0. The first-order valence-corrected chi connectivity index (χ1v) is 8.10. The lowest BCUT2D eigenvalue weighted by Gasteiger charge is -2.16. The Balaban J connectivity index is 2.74. The number of halogens is 5. The zero-order chi connectivity index (χ0) is 12.0. The summed E-state index contributed by atoms with van der Waals surface area (Å²) in [4.78, 5) is 3.37. The molecular weight excluding hydrogens is 294 g/mol. The van der Waals surface area contributed by atoms with Gasteiger partial charge in [-0.1, -0.05) is 0 Å². The summed E-state index contributed by atoms with van der Waals surface area (Å²) in [6.45, 7) is 0. The van der Waals surface area contributed by atoms with Crippen molar-refractivity contribution in [3.8, 4) is 0 Å². The number of aromatic nitrogens is 2. The zero-order valence-corrected chi connectivity index (χ0v) is 9.88. The van der Waals surface area contributed by atoms with Crippen LogP contribution in [0.4, 0.5) is 21.0 Å². The molecule has 1 unspecified atom stereocenters. The molecular formula is C3H3F5N5P3. The summed E-state index contributed by atoms with van der Waals surface area (Å²) < 4.78 is 72.4. The van der Waals surface area contributed by atoms with E-state index in [4.69, 9.17) is 0 Å². The van der Waals surface area contributed by atoms with Gasteiger partial charge in [0.25, 0.3) is 0 Å². The average Bonchev–Trinajstić information content (AvgIpc) is 2.46. The topological polar surface area (TPSA) is 54.9 Å². The van der Waals surface area contributed by atoms with E-state index in [-0.39, 0.29) is 0 Å². The highest BCUT2D eigenvalue weighted by atomic mass is 31.3. The van der Waals surface area contributed by atoms with Crippen LogP contribution in [0.25, 0.3) is 0 Å². The molecule has 0 spiro atoms. The molecule has 0 saturated heterocycles. The van der Waals surface area contributed by atoms with Crippen LogP contribution < -0.4 is 0 Å². The lowest BCUT2D eigenvalue weighted by atomic mass is 11.0. The summed E-state index contributed by atoms with van der Waals surface area (Å²) in [7, 11) is -16.1. The molecule has 13 heteroatoms. The smallest absolute Gasteiger partial charge is 0.260 e. The van der Waals surface area contributed by atoms with Crippen LogP contribution in [0, 0.1) is 0 Å². The van der Waals surface area contributed by atoms with Crippen LogP contribution in [-0.2, 0) is 0 Å². The largest absolute Gasteiger partial charge is 0.424 e. The molecule has 90 valence electrons. The van der Waals surface area contributed by atoms with Crippen LogP contribution in [0.3, 0.4) is 0 Å². The molecule has 1 atom stereocenters. The molecule has 1 aliphatic rings. The van der Waals surface area contributed by atoms with Crippen molar-refractivity contribution in [3.05, 3.63) is 18.7 Å². The molecule has 0 radical (unpaired) electrons. The lowest BCUT2D eigenvalue weighted by Crippen LogP contribution is -1.87. The monoisotopic (exact) mass is 297 g/mol. The summed E-state index contributed by atoms with van der Waals surface area (Å²) in [5, 5.41) is 0. The van der Waals surface area contributed by atoms with Gasteiger partial charge in [-0.3, -0.25) is 4.34 Å². The molecule has 0 bridgehead atoms. The predicted molar refractivity (Wildman–Crippen MR) is 51.2 cm³/mol. The summed E-state index contributed by atoms with van der Waals surface area (Å²) in [5.41, 5.74) is 0. The van der Waals surface area contributed by atoms with Gasteiger partial charge in [0.2, 0.25) is 0 Å². The van der Waals surface area contributed by atoms with Gasteiger partial charge in [0.15, 0.2) is 0 Å². The number of imidazole rings is 1. The first-order valence-electron chi connectivity index (χ1n) is 3.61. The van der Waals surface area contributed by atoms with Gasteiger partial charge in [-0.2, -0.15) is 4.20 Å². The number of hydrogen-bond donors (Lipinski definition) is 0. The normalized spacial score (nSPS) is 31.1. The molecule has 2 rings (SSSR count). The van der Waals surface area contributed by atoms with Crippen LogP contribution in [-0.4, -0.2) is 9.32 Å². The Hall–Kier alpha value is -0.450. The minimum absolute atomic E-state index is 0.448. The third-order valence-electron chi connectivity index (χ3n) is 1.44. The highest BCUT2D eigenvalue weighted by Gasteiger charge is 2.40. The van der Waals surface area contributed by atoms with Gasteiger partial charge in [0.1, 0.15) is 6.33 Å². The van der Waals surface area contributed by atoms with Crippen molar-refractivity contribution < 1.29 is 21.0 Å². The van der Waals surface area contributed by atoms with Crippen molar-refractivity contribution >= 4 is 23.3 Å². The minimum atomic E-state index is -5.64. The number of nitrogens with zero attached hydrogens (tertiary/aromatic N) is 5. The van der Waals surface area contributed by atoms with Crippen molar-refractivity contribution in [2.45, 2.75) is 0 Å². The Morgan fingerprint density at radius 3 is 2.00 bits per heavy atom. The summed E-state index contributed by atoms with van der Waals surface area (Å²) in [6, 6.07) is 0. The van der Waals surface area contributed by atoms with Gasteiger partial charge in [0, 0.05) is 12.4 Å². The van der Waals surface area contributed by atoms with Gasteiger partial charge in [-0.05, 0) is 0 Å². The Bertz CT molecular complexity index is 557. The molecule has 1 aliphatic heterocycles. The van der Waals surface area contributed by atoms with E-state index >= 15 is 0 Å². The molecule has 0 amide bonds. The Labute approximate surface area is 86.7 Å². The van der Waals surface area contributed by atoms with Crippen LogP contribution >= 0.6 is 23.3 Å². The zero-order valence-electron chi connectivity index (χ0n) is 7.20. The predicted octanol–water partition coefficient (Wildman–Crippen LogP) is 5.43. The summed E-state index contributed by atoms with van der Waals surface area (Å²) >= 11 is 0. The SMILES string of the molecule is FP1(F)=NP(F)(F)=NP(F)(n2ccnc2)=N1. The van der Waals surface area contributed by atoms with Gasteiger partial charge < -0.3 is 0 Å². The maximum atomic E-state index is 13.9. The van der Waals surface area contributed by atoms with E-state index < -0.39 is 23.3 Å². The van der Waals surface area contributed by atoms with E-state index in [1.54, 1.807) is 0 Å². The fourth-order valence-electron chi connectivity index (χ4n) is 0.952. The molecule has 1 aromatic heterocycles. The molecule has 2 heterocycles. The minimum Gasteiger partial charge on any atom is -0.260 e. The Kier molecular flexibility index (Phi) is 2.64. The molecule has 0 N–H and O–H groups in total. The quantitative estimate of drug-likeness (QED) is 0.503. The highest BCUT2D eigenvalue weighted by Crippen LogP contribution is 2.81. The van der Waals surface area contributed by atoms with E-state index in [9.17, 15) is 21.0 Å². The fourth-order valence-corrected chi connectivity index (χ4v) is 6.73. The molecule has 1 aromatic rings. The second kappa shape index (κ2) is 3.52. The van der Waals surface area contributed by atoms with E-state index in [1.165, 1.54) is 0 Å². The van der Waals surface area contributed by atoms with Crippen LogP contribution in [0.1, 0.15) is 0 Å². The maximum Gasteiger partial charge on any atom is 0.424 e. The summed E-state index contributed by atoms with van der Waals surface area (Å²) in [6.07, 6.45) is 2.77. The Morgan fingerprint density at radius 1 is 0.875 bits per heavy atom. The molecule has 16 heavy (non-hydrogen) atoms. The highest BCUT2D eigenvalue weighted by molar-refractivity contribution is 7.78. The number of hydrogen-bond acceptors (Lipinski definition) is 4. The molecule has 0 saturated carbocycles. The van der Waals surface area contributed by atoms with Crippen LogP contribution in [0.5, 0.6) is 0 Å². The third kappa shape index (κ3) is 2.29. The van der Waals surface area contributed by atoms with E-state index in [0.717, 1.165) is 18.7 Å². The van der Waals surface area contributed by atoms with E-state index in [1.807, 2.05) is 4.52 Å². The fraction of sp³-hybridized carbons (Fsp3) is 0. The van der Waals surface area contributed by atoms with Gasteiger partial charge >= 0.3 is 23.3 Å². The van der Waals surface area contributed by atoms with Crippen molar-refractivity contribution in [1.29, 1.82) is 0 Å². The van der Waals surface area contributed by atoms with Crippen molar-refractivity contribution in [1.82, 2.24) is 9.32 Å². The van der Waals surface area contributed by atoms with Crippen molar-refractivity contribution in [3.63, 3.8) is 0 Å². The maximum absolute atomic E-state index is 13.9. The lowest BCUT2D eigenvalue weighted by molar-refractivity contribution is 0.694. The van der Waals surface area contributed by atoms with Gasteiger partial charge in [0.05, 0.1) is 0 Å². The average molecular weight is 297 g/mol. The van der Waals surface area contributed by atoms with Crippen LogP contribution in [0.2, 0.25) is 0 Å². The molecule has 0 fully saturated rings. The Morgan fingerprint density at radius 2 is 1.50 bits per heavy atom. The molecule has 0 aromatic carbocycles. The third-order valence-corrected chi connectivity index (χ3v) is 7.53. The van der Waals surface area contributed by atoms with E-state index in [0.29, 0.717) is 4.34 Å². The van der Waals surface area contributed by atoms with E-state index in [2.05, 4.69) is 14.0 Å². The second-order valence-corrected chi connectivity index (χ2v) is 8.04.